The van der Waals surface area contributed by atoms with E-state index in [0.29, 0.717) is 17.9 Å². The van der Waals surface area contributed by atoms with Crippen LogP contribution in [0.4, 0.5) is 0 Å². The van der Waals surface area contributed by atoms with E-state index in [1.54, 1.807) is 0 Å². The Bertz CT molecular complexity index is 292. The summed E-state index contributed by atoms with van der Waals surface area (Å²) in [7, 11) is 0. The van der Waals surface area contributed by atoms with Crippen LogP contribution < -0.4 is 5.32 Å². The zero-order chi connectivity index (χ0) is 13.1. The zero-order valence-corrected chi connectivity index (χ0v) is 12.6. The molecule has 0 aromatic rings. The van der Waals surface area contributed by atoms with Crippen LogP contribution in [0, 0.1) is 5.92 Å². The molecule has 0 aromatic carbocycles. The van der Waals surface area contributed by atoms with Gasteiger partial charge in [-0.05, 0) is 30.9 Å². The quantitative estimate of drug-likeness (QED) is 0.852. The predicted octanol–water partition coefficient (Wildman–Crippen LogP) is 2.46. The first-order valence-electron chi connectivity index (χ1n) is 7.35. The van der Waals surface area contributed by atoms with Gasteiger partial charge in [-0.2, -0.15) is 11.8 Å². The lowest BCUT2D eigenvalue weighted by atomic mass is 9.99. The van der Waals surface area contributed by atoms with Crippen molar-refractivity contribution in [1.82, 2.24) is 10.2 Å². The Morgan fingerprint density at radius 2 is 2.28 bits per heavy atom. The van der Waals surface area contributed by atoms with Crippen LogP contribution in [0.1, 0.15) is 46.5 Å². The molecule has 2 aliphatic heterocycles. The summed E-state index contributed by atoms with van der Waals surface area (Å²) < 4.78 is 0. The fraction of sp³-hybridized carbons (Fsp3) is 0.929. The van der Waals surface area contributed by atoms with Crippen LogP contribution in [0.25, 0.3) is 0 Å². The maximum Gasteiger partial charge on any atom is 0.241 e. The monoisotopic (exact) mass is 270 g/mol. The Morgan fingerprint density at radius 3 is 2.83 bits per heavy atom. The lowest BCUT2D eigenvalue weighted by molar-refractivity contribution is -0.132. The largest absolute Gasteiger partial charge is 0.322 e. The second-order valence-corrected chi connectivity index (χ2v) is 6.72. The van der Waals surface area contributed by atoms with Crippen molar-refractivity contribution in [3.8, 4) is 0 Å². The van der Waals surface area contributed by atoms with Crippen LogP contribution in [-0.2, 0) is 4.79 Å². The first kappa shape index (κ1) is 14.2. The van der Waals surface area contributed by atoms with Gasteiger partial charge < -0.3 is 4.90 Å². The second-order valence-electron chi connectivity index (χ2n) is 5.57. The van der Waals surface area contributed by atoms with Crippen molar-refractivity contribution in [1.29, 1.82) is 0 Å². The third-order valence-corrected chi connectivity index (χ3v) is 5.56. The highest BCUT2D eigenvalue weighted by molar-refractivity contribution is 7.99. The number of hydrogen-bond acceptors (Lipinski definition) is 3. The molecule has 2 rings (SSSR count). The molecule has 3 nitrogen and oxygen atoms in total. The molecule has 0 bridgehead atoms. The second kappa shape index (κ2) is 6.29. The summed E-state index contributed by atoms with van der Waals surface area (Å²) in [5, 5.41) is 3.56. The zero-order valence-electron chi connectivity index (χ0n) is 11.8. The van der Waals surface area contributed by atoms with Gasteiger partial charge in [0.05, 0.1) is 12.2 Å². The van der Waals surface area contributed by atoms with E-state index in [0.717, 1.165) is 18.6 Å². The Balaban J connectivity index is 2.09. The van der Waals surface area contributed by atoms with Crippen molar-refractivity contribution in [2.75, 3.05) is 11.5 Å². The molecule has 4 unspecified atom stereocenters. The first-order chi connectivity index (χ1) is 8.69. The standard InChI is InChI=1S/C14H26N2OS/c1-4-10(3)13-14(17)16(12(5-2)15-13)11-7-6-8-18-9-11/h10-13,15H,4-9H2,1-3H3. The predicted molar refractivity (Wildman–Crippen MR) is 77.7 cm³/mol. The first-order valence-corrected chi connectivity index (χ1v) is 8.50. The number of amides is 1. The fourth-order valence-corrected chi connectivity index (χ4v) is 4.15. The number of hydrogen-bond donors (Lipinski definition) is 1. The Morgan fingerprint density at radius 1 is 1.50 bits per heavy atom. The molecule has 2 fully saturated rings. The normalized spacial score (nSPS) is 34.9. The number of carbonyl (C=O) groups is 1. The number of carbonyl (C=O) groups excluding carboxylic acids is 1. The van der Waals surface area contributed by atoms with E-state index in [4.69, 9.17) is 0 Å². The molecule has 0 aliphatic carbocycles. The van der Waals surface area contributed by atoms with Gasteiger partial charge >= 0.3 is 0 Å². The maximum atomic E-state index is 12.6. The highest BCUT2D eigenvalue weighted by Gasteiger charge is 2.43. The van der Waals surface area contributed by atoms with Gasteiger partial charge in [0.2, 0.25) is 5.91 Å². The highest BCUT2D eigenvalue weighted by Crippen LogP contribution is 2.29. The van der Waals surface area contributed by atoms with Crippen molar-refractivity contribution in [2.24, 2.45) is 5.92 Å². The smallest absolute Gasteiger partial charge is 0.241 e. The molecular weight excluding hydrogens is 244 g/mol. The summed E-state index contributed by atoms with van der Waals surface area (Å²) in [4.78, 5) is 14.8. The molecule has 1 amide bonds. The molecule has 18 heavy (non-hydrogen) atoms. The van der Waals surface area contributed by atoms with E-state index in [1.807, 2.05) is 11.8 Å². The van der Waals surface area contributed by atoms with Gasteiger partial charge in [0, 0.05) is 11.8 Å². The summed E-state index contributed by atoms with van der Waals surface area (Å²) in [6.45, 7) is 6.52. The third kappa shape index (κ3) is 2.69. The molecule has 0 radical (unpaired) electrons. The van der Waals surface area contributed by atoms with Crippen molar-refractivity contribution >= 4 is 17.7 Å². The Hall–Kier alpha value is -0.220. The van der Waals surface area contributed by atoms with E-state index in [2.05, 4.69) is 31.0 Å². The molecule has 104 valence electrons. The minimum atomic E-state index is 0.0480. The van der Waals surface area contributed by atoms with Crippen LogP contribution in [0.3, 0.4) is 0 Å². The highest BCUT2D eigenvalue weighted by atomic mass is 32.2. The molecule has 4 heteroatoms. The van der Waals surface area contributed by atoms with Gasteiger partial charge in [-0.1, -0.05) is 27.2 Å². The number of nitrogens with zero attached hydrogens (tertiary/aromatic N) is 1. The van der Waals surface area contributed by atoms with Crippen LogP contribution in [0.15, 0.2) is 0 Å². The van der Waals surface area contributed by atoms with Gasteiger partial charge in [0.15, 0.2) is 0 Å². The summed E-state index contributed by atoms with van der Waals surface area (Å²) in [5.74, 6) is 3.17. The van der Waals surface area contributed by atoms with E-state index in [-0.39, 0.29) is 12.2 Å². The van der Waals surface area contributed by atoms with Gasteiger partial charge in [-0.15, -0.1) is 0 Å². The summed E-state index contributed by atoms with van der Waals surface area (Å²) in [6, 6.07) is 0.509. The minimum absolute atomic E-state index is 0.0480. The van der Waals surface area contributed by atoms with Crippen LogP contribution in [0.5, 0.6) is 0 Å². The van der Waals surface area contributed by atoms with Gasteiger partial charge in [0.1, 0.15) is 0 Å². The molecule has 4 atom stereocenters. The molecule has 0 aromatic heterocycles. The third-order valence-electron chi connectivity index (χ3n) is 4.36. The molecule has 2 aliphatic rings. The van der Waals surface area contributed by atoms with E-state index in [1.165, 1.54) is 18.6 Å². The van der Waals surface area contributed by atoms with Crippen molar-refractivity contribution < 1.29 is 4.79 Å². The van der Waals surface area contributed by atoms with Crippen molar-refractivity contribution in [2.45, 2.75) is 64.7 Å². The van der Waals surface area contributed by atoms with E-state index >= 15 is 0 Å². The Labute approximate surface area is 115 Å². The summed E-state index contributed by atoms with van der Waals surface area (Å²) in [6.07, 6.45) is 4.78. The number of thioether (sulfide) groups is 1. The van der Waals surface area contributed by atoms with E-state index in [9.17, 15) is 4.79 Å². The molecule has 2 saturated heterocycles. The van der Waals surface area contributed by atoms with Gasteiger partial charge in [-0.3, -0.25) is 10.1 Å². The Kier molecular flexibility index (Phi) is 4.96. The number of rotatable bonds is 4. The number of nitrogens with one attached hydrogen (secondary N) is 1. The van der Waals surface area contributed by atoms with Crippen LogP contribution in [0.2, 0.25) is 0 Å². The maximum absolute atomic E-state index is 12.6. The summed E-state index contributed by atoms with van der Waals surface area (Å²) in [5.41, 5.74) is 0. The van der Waals surface area contributed by atoms with Gasteiger partial charge in [-0.25, -0.2) is 0 Å². The van der Waals surface area contributed by atoms with Crippen molar-refractivity contribution in [3.05, 3.63) is 0 Å². The van der Waals surface area contributed by atoms with Gasteiger partial charge in [0.25, 0.3) is 0 Å². The SMILES string of the molecule is CCC(C)C1NC(CC)N(C2CCCSC2)C1=O. The average molecular weight is 270 g/mol. The molecule has 2 heterocycles. The average Bonchev–Trinajstić information content (AvgIpc) is 2.75. The molecule has 1 N–H and O–H groups in total. The molecular formula is C14H26N2OS. The summed E-state index contributed by atoms with van der Waals surface area (Å²) >= 11 is 2.00. The molecule has 0 spiro atoms. The lowest BCUT2D eigenvalue weighted by Crippen LogP contribution is -2.46. The topological polar surface area (TPSA) is 32.3 Å². The fourth-order valence-electron chi connectivity index (χ4n) is 3.01. The van der Waals surface area contributed by atoms with Crippen LogP contribution >= 0.6 is 11.8 Å². The molecule has 0 saturated carbocycles. The minimum Gasteiger partial charge on any atom is -0.322 e. The lowest BCUT2D eigenvalue weighted by Gasteiger charge is -2.34. The van der Waals surface area contributed by atoms with E-state index < -0.39 is 0 Å². The van der Waals surface area contributed by atoms with Crippen LogP contribution in [-0.4, -0.2) is 40.6 Å². The van der Waals surface area contributed by atoms with Crippen molar-refractivity contribution in [3.63, 3.8) is 0 Å².